The van der Waals surface area contributed by atoms with Crippen LogP contribution in [0.5, 0.6) is 0 Å². The first-order valence-corrected chi connectivity index (χ1v) is 8.58. The molecule has 0 saturated carbocycles. The summed E-state index contributed by atoms with van der Waals surface area (Å²) in [6.07, 6.45) is 1.93. The highest BCUT2D eigenvalue weighted by Gasteiger charge is 2.46. The number of carbonyl (C=O) groups is 2. The van der Waals surface area contributed by atoms with Gasteiger partial charge in [-0.1, -0.05) is 36.4 Å². The fraction of sp³-hybridized carbons (Fsp3) is 0.238. The van der Waals surface area contributed by atoms with Gasteiger partial charge >= 0.3 is 0 Å². The monoisotopic (exact) mass is 360 g/mol. The summed E-state index contributed by atoms with van der Waals surface area (Å²) in [5, 5.41) is 12.0. The van der Waals surface area contributed by atoms with Crippen molar-refractivity contribution in [3.05, 3.63) is 71.2 Å². The van der Waals surface area contributed by atoms with Gasteiger partial charge in [-0.05, 0) is 31.1 Å². The number of pyridine rings is 1. The molecular weight excluding hydrogens is 340 g/mol. The Morgan fingerprint density at radius 3 is 2.59 bits per heavy atom. The summed E-state index contributed by atoms with van der Waals surface area (Å²) >= 11 is 0. The zero-order valence-electron chi connectivity index (χ0n) is 15.5. The van der Waals surface area contributed by atoms with Crippen LogP contribution in [0.25, 0.3) is 5.57 Å². The molecule has 27 heavy (non-hydrogen) atoms. The van der Waals surface area contributed by atoms with E-state index in [4.69, 9.17) is 0 Å². The zero-order valence-corrected chi connectivity index (χ0v) is 15.5. The number of likely N-dealkylation sites (N-methyl/N-ethyl adjacent to an activating group) is 1. The van der Waals surface area contributed by atoms with E-state index in [2.05, 4.69) is 10.3 Å². The van der Waals surface area contributed by atoms with Crippen molar-refractivity contribution >= 4 is 17.4 Å². The van der Waals surface area contributed by atoms with Gasteiger partial charge in [-0.3, -0.25) is 9.59 Å². The summed E-state index contributed by atoms with van der Waals surface area (Å²) in [5.74, 6) is -0.552. The maximum absolute atomic E-state index is 13.0. The Hall–Kier alpha value is -3.46. The molecule has 1 aliphatic rings. The average molecular weight is 360 g/mol. The molecule has 1 aromatic heterocycles. The maximum Gasteiger partial charge on any atom is 0.271 e. The molecule has 2 amide bonds. The van der Waals surface area contributed by atoms with Crippen molar-refractivity contribution in [3.63, 3.8) is 0 Å². The summed E-state index contributed by atoms with van der Waals surface area (Å²) in [6.45, 7) is 3.46. The third kappa shape index (κ3) is 3.20. The molecule has 0 spiro atoms. The number of nitrogens with zero attached hydrogens (tertiary/aromatic N) is 3. The summed E-state index contributed by atoms with van der Waals surface area (Å²) < 4.78 is 0. The van der Waals surface area contributed by atoms with Crippen LogP contribution in [0, 0.1) is 11.3 Å². The van der Waals surface area contributed by atoms with Crippen molar-refractivity contribution in [2.45, 2.75) is 25.8 Å². The van der Waals surface area contributed by atoms with E-state index in [0.29, 0.717) is 17.6 Å². The lowest BCUT2D eigenvalue weighted by atomic mass is 9.87. The van der Waals surface area contributed by atoms with Crippen LogP contribution in [0.2, 0.25) is 0 Å². The van der Waals surface area contributed by atoms with Crippen molar-refractivity contribution in [1.82, 2.24) is 15.2 Å². The quantitative estimate of drug-likeness (QED) is 0.851. The van der Waals surface area contributed by atoms with Gasteiger partial charge in [0.25, 0.3) is 11.8 Å². The molecule has 2 heterocycles. The van der Waals surface area contributed by atoms with Gasteiger partial charge in [0.15, 0.2) is 0 Å². The maximum atomic E-state index is 13.0. The highest BCUT2D eigenvalue weighted by molar-refractivity contribution is 6.10. The van der Waals surface area contributed by atoms with Crippen LogP contribution >= 0.6 is 0 Å². The minimum absolute atomic E-state index is 0.178. The van der Waals surface area contributed by atoms with E-state index >= 15 is 0 Å². The number of hydrogen-bond acceptors (Lipinski definition) is 4. The fourth-order valence-electron chi connectivity index (χ4n) is 3.22. The molecule has 0 radical (unpaired) electrons. The number of aromatic nitrogens is 1. The van der Waals surface area contributed by atoms with Crippen molar-refractivity contribution in [2.75, 3.05) is 7.05 Å². The number of amides is 2. The summed E-state index contributed by atoms with van der Waals surface area (Å²) in [6, 6.07) is 15.0. The number of nitrogens with one attached hydrogen (secondary N) is 1. The molecule has 6 heteroatoms. The molecule has 1 saturated heterocycles. The smallest absolute Gasteiger partial charge is 0.271 e. The molecule has 0 aliphatic carbocycles. The van der Waals surface area contributed by atoms with Crippen molar-refractivity contribution in [3.8, 4) is 6.07 Å². The van der Waals surface area contributed by atoms with Crippen LogP contribution in [0.15, 0.2) is 54.4 Å². The van der Waals surface area contributed by atoms with Gasteiger partial charge in [0, 0.05) is 25.2 Å². The molecule has 1 aliphatic heterocycles. The lowest BCUT2D eigenvalue weighted by Gasteiger charge is -2.42. The highest BCUT2D eigenvalue weighted by atomic mass is 16.2. The standard InChI is InChI=1S/C21H20N4O2/c1-14(16-10-7-11-23-17(16)13-22)18-19(26)25(3)21(2,20(27)24-18)12-15-8-5-4-6-9-15/h4-11H,12H2,1-3H3,(H,24,27). The Labute approximate surface area is 158 Å². The minimum Gasteiger partial charge on any atom is -0.326 e. The van der Waals surface area contributed by atoms with Gasteiger partial charge in [0.05, 0.1) is 0 Å². The van der Waals surface area contributed by atoms with Gasteiger partial charge in [-0.2, -0.15) is 5.26 Å². The average Bonchev–Trinajstić information content (AvgIpc) is 2.69. The second-order valence-electron chi connectivity index (χ2n) is 6.77. The molecule has 1 aromatic carbocycles. The van der Waals surface area contributed by atoms with E-state index in [9.17, 15) is 14.9 Å². The zero-order chi connectivity index (χ0) is 19.6. The summed E-state index contributed by atoms with van der Waals surface area (Å²) in [4.78, 5) is 31.5. The van der Waals surface area contributed by atoms with E-state index in [1.807, 2.05) is 36.4 Å². The van der Waals surface area contributed by atoms with Gasteiger partial charge in [0.1, 0.15) is 23.0 Å². The van der Waals surface area contributed by atoms with E-state index in [1.165, 1.54) is 11.1 Å². The first kappa shape index (κ1) is 18.3. The Morgan fingerprint density at radius 1 is 1.22 bits per heavy atom. The molecule has 1 N–H and O–H groups in total. The van der Waals surface area contributed by atoms with E-state index in [1.54, 1.807) is 33.0 Å². The normalized spacial score (nSPS) is 21.5. The van der Waals surface area contributed by atoms with Crippen molar-refractivity contribution < 1.29 is 9.59 Å². The Balaban J connectivity index is 1.99. The molecule has 0 bridgehead atoms. The molecule has 2 aromatic rings. The lowest BCUT2D eigenvalue weighted by molar-refractivity contribution is -0.147. The number of rotatable bonds is 3. The van der Waals surface area contributed by atoms with Crippen LogP contribution in [-0.2, 0) is 16.0 Å². The fourth-order valence-corrected chi connectivity index (χ4v) is 3.22. The number of hydrogen-bond donors (Lipinski definition) is 1. The summed E-state index contributed by atoms with van der Waals surface area (Å²) in [7, 11) is 1.63. The minimum atomic E-state index is -1.00. The third-order valence-electron chi connectivity index (χ3n) is 5.07. The van der Waals surface area contributed by atoms with Crippen LogP contribution in [-0.4, -0.2) is 34.3 Å². The van der Waals surface area contributed by atoms with Crippen LogP contribution in [0.1, 0.15) is 30.7 Å². The predicted octanol–water partition coefficient (Wildman–Crippen LogP) is 2.27. The lowest BCUT2D eigenvalue weighted by Crippen LogP contribution is -2.64. The van der Waals surface area contributed by atoms with Crippen molar-refractivity contribution in [2.24, 2.45) is 0 Å². The Bertz CT molecular complexity index is 975. The number of carbonyl (C=O) groups excluding carboxylic acids is 2. The molecule has 1 fully saturated rings. The largest absolute Gasteiger partial charge is 0.326 e. The Kier molecular flexibility index (Phi) is 4.78. The summed E-state index contributed by atoms with van der Waals surface area (Å²) in [5.41, 5.74) is 1.41. The number of nitriles is 1. The van der Waals surface area contributed by atoms with E-state index in [0.717, 1.165) is 5.56 Å². The molecule has 6 nitrogen and oxygen atoms in total. The first-order chi connectivity index (χ1) is 12.9. The predicted molar refractivity (Wildman–Crippen MR) is 101 cm³/mol. The molecular formula is C21H20N4O2. The second kappa shape index (κ2) is 7.04. The van der Waals surface area contributed by atoms with E-state index < -0.39 is 5.54 Å². The van der Waals surface area contributed by atoms with Gasteiger partial charge in [-0.15, -0.1) is 0 Å². The molecule has 1 unspecified atom stereocenters. The number of allylic oxidation sites excluding steroid dienone is 1. The van der Waals surface area contributed by atoms with Crippen LogP contribution < -0.4 is 5.32 Å². The topological polar surface area (TPSA) is 86.1 Å². The number of benzene rings is 1. The Morgan fingerprint density at radius 2 is 1.93 bits per heavy atom. The molecule has 1 atom stereocenters. The van der Waals surface area contributed by atoms with E-state index in [-0.39, 0.29) is 23.2 Å². The van der Waals surface area contributed by atoms with Gasteiger partial charge in [-0.25, -0.2) is 4.98 Å². The SMILES string of the molecule is CC(=C1NC(=O)C(C)(Cc2ccccc2)N(C)C1=O)c1cccnc1C#N. The third-order valence-corrected chi connectivity index (χ3v) is 5.07. The second-order valence-corrected chi connectivity index (χ2v) is 6.77. The molecule has 3 rings (SSSR count). The van der Waals surface area contributed by atoms with Crippen LogP contribution in [0.4, 0.5) is 0 Å². The first-order valence-electron chi connectivity index (χ1n) is 8.58. The van der Waals surface area contributed by atoms with Crippen molar-refractivity contribution in [1.29, 1.82) is 5.26 Å². The molecule has 136 valence electrons. The van der Waals surface area contributed by atoms with Gasteiger partial charge in [0.2, 0.25) is 0 Å². The van der Waals surface area contributed by atoms with Crippen LogP contribution in [0.3, 0.4) is 0 Å². The highest BCUT2D eigenvalue weighted by Crippen LogP contribution is 2.29. The van der Waals surface area contributed by atoms with Gasteiger partial charge < -0.3 is 10.2 Å². The number of piperazine rings is 1.